The molecule has 1 aromatic heterocycles. The highest BCUT2D eigenvalue weighted by Crippen LogP contribution is 2.34. The smallest absolute Gasteiger partial charge is 0.267 e. The van der Waals surface area contributed by atoms with Gasteiger partial charge in [-0.1, -0.05) is 38.1 Å². The van der Waals surface area contributed by atoms with Crippen molar-refractivity contribution in [3.8, 4) is 5.88 Å². The van der Waals surface area contributed by atoms with Crippen molar-refractivity contribution in [1.82, 2.24) is 14.1 Å². The average molecular weight is 401 g/mol. The number of hydrazone groups is 1. The first-order valence-electron chi connectivity index (χ1n) is 9.10. The quantitative estimate of drug-likeness (QED) is 0.804. The Morgan fingerprint density at radius 2 is 1.82 bits per heavy atom. The monoisotopic (exact) mass is 400 g/mol. The van der Waals surface area contributed by atoms with Gasteiger partial charge < -0.3 is 5.11 Å². The number of rotatable bonds is 3. The Hall–Kier alpha value is -2.74. The molecule has 2 aromatic rings. The molecule has 1 N–H and O–H groups in total. The fourth-order valence-corrected chi connectivity index (χ4v) is 3.57. The van der Waals surface area contributed by atoms with Crippen molar-refractivity contribution >= 4 is 23.8 Å². The number of benzene rings is 1. The first-order valence-corrected chi connectivity index (χ1v) is 9.50. The molecule has 1 atom stereocenters. The van der Waals surface area contributed by atoms with Crippen LogP contribution in [-0.4, -0.2) is 30.9 Å². The van der Waals surface area contributed by atoms with Crippen LogP contribution in [0.25, 0.3) is 0 Å². The van der Waals surface area contributed by atoms with Crippen molar-refractivity contribution in [1.29, 1.82) is 0 Å². The number of nitrogens with zero attached hydrogens (tertiary/aromatic N) is 4. The van der Waals surface area contributed by atoms with E-state index in [0.717, 1.165) is 5.56 Å². The maximum Gasteiger partial charge on any atom is 0.267 e. The number of aromatic hydroxyl groups is 1. The standard InChI is InChI=1S/C20H24N4O3S/c1-11(2)13-6-8-14(9-7-13)16-10-15(21-24(16)12(3)25)17-18(26)22(4)20(28)23(5)19(17)27/h6-9,11,16,26H,10H2,1-5H3/t16-/m1/s1. The number of hydrogen-bond acceptors (Lipinski definition) is 5. The van der Waals surface area contributed by atoms with Gasteiger partial charge in [0.15, 0.2) is 4.77 Å². The van der Waals surface area contributed by atoms with E-state index in [1.54, 1.807) is 14.1 Å². The van der Waals surface area contributed by atoms with Gasteiger partial charge in [-0.25, -0.2) is 5.01 Å². The summed E-state index contributed by atoms with van der Waals surface area (Å²) in [6.45, 7) is 5.68. The Balaban J connectivity index is 2.07. The molecular weight excluding hydrogens is 376 g/mol. The molecule has 1 amide bonds. The molecule has 0 aliphatic carbocycles. The Labute approximate surface area is 168 Å². The van der Waals surface area contributed by atoms with E-state index in [-0.39, 0.29) is 28.2 Å². The highest BCUT2D eigenvalue weighted by molar-refractivity contribution is 7.71. The minimum Gasteiger partial charge on any atom is -0.494 e. The van der Waals surface area contributed by atoms with Crippen LogP contribution in [0.15, 0.2) is 34.2 Å². The average Bonchev–Trinajstić information content (AvgIpc) is 3.10. The van der Waals surface area contributed by atoms with Gasteiger partial charge in [-0.15, -0.1) is 0 Å². The molecule has 1 aromatic carbocycles. The molecule has 0 radical (unpaired) electrons. The molecule has 28 heavy (non-hydrogen) atoms. The summed E-state index contributed by atoms with van der Waals surface area (Å²) in [5.41, 5.74) is 2.15. The summed E-state index contributed by atoms with van der Waals surface area (Å²) in [6, 6.07) is 7.72. The van der Waals surface area contributed by atoms with Gasteiger partial charge in [-0.2, -0.15) is 5.10 Å². The summed E-state index contributed by atoms with van der Waals surface area (Å²) in [5, 5.41) is 16.3. The van der Waals surface area contributed by atoms with Crippen molar-refractivity contribution in [3.63, 3.8) is 0 Å². The molecule has 1 aliphatic heterocycles. The van der Waals surface area contributed by atoms with Gasteiger partial charge in [0.1, 0.15) is 5.56 Å². The SMILES string of the molecule is CC(=O)N1N=C(c2c(O)n(C)c(=S)n(C)c2=O)C[C@@H]1c1ccc(C(C)C)cc1. The third-order valence-electron chi connectivity index (χ3n) is 5.14. The van der Waals surface area contributed by atoms with E-state index in [0.29, 0.717) is 18.1 Å². The fourth-order valence-electron chi connectivity index (χ4n) is 3.40. The normalized spacial score (nSPS) is 16.6. The van der Waals surface area contributed by atoms with Gasteiger partial charge in [0.05, 0.1) is 11.8 Å². The van der Waals surface area contributed by atoms with E-state index in [1.165, 1.54) is 26.6 Å². The summed E-state index contributed by atoms with van der Waals surface area (Å²) >= 11 is 5.16. The van der Waals surface area contributed by atoms with Crippen molar-refractivity contribution in [3.05, 3.63) is 56.1 Å². The second-order valence-corrected chi connectivity index (χ2v) is 7.72. The van der Waals surface area contributed by atoms with Crippen LogP contribution in [0.4, 0.5) is 0 Å². The maximum atomic E-state index is 12.7. The number of amides is 1. The lowest BCUT2D eigenvalue weighted by Gasteiger charge is -2.21. The second kappa shape index (κ2) is 7.35. The van der Waals surface area contributed by atoms with E-state index in [4.69, 9.17) is 12.2 Å². The van der Waals surface area contributed by atoms with Gasteiger partial charge in [0.2, 0.25) is 11.8 Å². The third-order valence-corrected chi connectivity index (χ3v) is 5.69. The minimum atomic E-state index is -0.432. The highest BCUT2D eigenvalue weighted by Gasteiger charge is 2.34. The van der Waals surface area contributed by atoms with Gasteiger partial charge in [0, 0.05) is 27.4 Å². The number of aromatic nitrogens is 2. The Morgan fingerprint density at radius 1 is 1.21 bits per heavy atom. The van der Waals surface area contributed by atoms with Crippen molar-refractivity contribution in [2.75, 3.05) is 0 Å². The summed E-state index contributed by atoms with van der Waals surface area (Å²) in [6.07, 6.45) is 0.334. The van der Waals surface area contributed by atoms with Crippen LogP contribution < -0.4 is 5.56 Å². The lowest BCUT2D eigenvalue weighted by Crippen LogP contribution is -2.28. The molecule has 148 valence electrons. The van der Waals surface area contributed by atoms with Crippen molar-refractivity contribution in [2.45, 2.75) is 39.2 Å². The lowest BCUT2D eigenvalue weighted by atomic mass is 9.96. The predicted molar refractivity (Wildman–Crippen MR) is 110 cm³/mol. The lowest BCUT2D eigenvalue weighted by molar-refractivity contribution is -0.130. The van der Waals surface area contributed by atoms with Crippen LogP contribution in [0.1, 0.15) is 55.8 Å². The number of carbonyl (C=O) groups is 1. The van der Waals surface area contributed by atoms with E-state index in [2.05, 4.69) is 18.9 Å². The molecule has 0 fully saturated rings. The molecule has 0 saturated heterocycles. The molecule has 1 aliphatic rings. The zero-order chi connectivity index (χ0) is 20.7. The van der Waals surface area contributed by atoms with Crippen LogP contribution in [0.5, 0.6) is 5.88 Å². The van der Waals surface area contributed by atoms with Crippen LogP contribution in [0.2, 0.25) is 0 Å². The minimum absolute atomic E-state index is 0.0751. The summed E-state index contributed by atoms with van der Waals surface area (Å²) in [7, 11) is 3.13. The topological polar surface area (TPSA) is 79.8 Å². The van der Waals surface area contributed by atoms with Gasteiger partial charge >= 0.3 is 0 Å². The highest BCUT2D eigenvalue weighted by atomic mass is 32.1. The molecule has 2 heterocycles. The van der Waals surface area contributed by atoms with Crippen LogP contribution in [0.3, 0.4) is 0 Å². The molecule has 0 bridgehead atoms. The zero-order valence-electron chi connectivity index (χ0n) is 16.6. The molecule has 3 rings (SSSR count). The summed E-state index contributed by atoms with van der Waals surface area (Å²) in [4.78, 5) is 24.9. The largest absolute Gasteiger partial charge is 0.494 e. The molecule has 0 saturated carbocycles. The number of hydrogen-bond donors (Lipinski definition) is 1. The Bertz CT molecular complexity index is 1080. The van der Waals surface area contributed by atoms with Gasteiger partial charge in [-0.3, -0.25) is 18.7 Å². The molecule has 7 nitrogen and oxygen atoms in total. The first kappa shape index (κ1) is 20.0. The zero-order valence-corrected chi connectivity index (χ0v) is 17.4. The third kappa shape index (κ3) is 3.28. The molecule has 0 unspecified atom stereocenters. The van der Waals surface area contributed by atoms with Gasteiger partial charge in [-0.05, 0) is 29.3 Å². The van der Waals surface area contributed by atoms with Crippen LogP contribution in [-0.2, 0) is 18.9 Å². The van der Waals surface area contributed by atoms with Crippen molar-refractivity contribution in [2.24, 2.45) is 19.2 Å². The molecule has 8 heteroatoms. The van der Waals surface area contributed by atoms with Crippen LogP contribution in [0, 0.1) is 4.77 Å². The number of carbonyl (C=O) groups excluding carboxylic acids is 1. The summed E-state index contributed by atoms with van der Waals surface area (Å²) in [5.74, 6) is -0.0649. The fraction of sp³-hybridized carbons (Fsp3) is 0.400. The van der Waals surface area contributed by atoms with Gasteiger partial charge in [0.25, 0.3) is 5.56 Å². The predicted octanol–water partition coefficient (Wildman–Crippen LogP) is 2.98. The second-order valence-electron chi connectivity index (χ2n) is 7.36. The van der Waals surface area contributed by atoms with E-state index < -0.39 is 5.56 Å². The summed E-state index contributed by atoms with van der Waals surface area (Å²) < 4.78 is 2.85. The first-order chi connectivity index (χ1) is 13.1. The van der Waals surface area contributed by atoms with Crippen molar-refractivity contribution < 1.29 is 9.90 Å². The maximum absolute atomic E-state index is 12.7. The van der Waals surface area contributed by atoms with E-state index >= 15 is 0 Å². The molecular formula is C20H24N4O3S. The van der Waals surface area contributed by atoms with Crippen LogP contribution >= 0.6 is 12.2 Å². The Morgan fingerprint density at radius 3 is 2.36 bits per heavy atom. The Kier molecular flexibility index (Phi) is 5.25. The van der Waals surface area contributed by atoms with E-state index in [1.807, 2.05) is 24.3 Å². The van der Waals surface area contributed by atoms with E-state index in [9.17, 15) is 14.7 Å². The molecule has 0 spiro atoms.